The molecule has 200 valence electrons. The standard InChI is InChI=1S/C24H28N8O2.C2H4O2/c1-31-12-4-5-16(31)13-19(33)29-18-7-3-6-17(22(18)34-2)21-20-23(25)27-14-28-24(20)32(30-21)15-8-10-26-11-9-15;1-2(3)4/h3-7,12,14-15,26H,8-11,13H2,1-2H3,(H,29,33)(H2,25,27,28);1H3,(H,3,4). The van der Waals surface area contributed by atoms with Gasteiger partial charge in [0.15, 0.2) is 11.4 Å². The van der Waals surface area contributed by atoms with Crippen molar-refractivity contribution < 1.29 is 19.4 Å². The SMILES string of the molecule is CC(=O)O.COc1c(NC(=O)Cc2cccn2C)cccc1-c1nn(C2CCNCC2)c2ncnc(N)c12. The molecule has 0 atom stereocenters. The van der Waals surface area contributed by atoms with E-state index in [0.717, 1.165) is 44.1 Å². The van der Waals surface area contributed by atoms with Crippen LogP contribution < -0.4 is 21.1 Å². The van der Waals surface area contributed by atoms with Gasteiger partial charge in [0.05, 0.1) is 30.6 Å². The number of aryl methyl sites for hydroxylation is 1. The Morgan fingerprint density at radius 2 is 1.95 bits per heavy atom. The van der Waals surface area contributed by atoms with E-state index in [1.54, 1.807) is 7.11 Å². The topological polar surface area (TPSA) is 162 Å². The van der Waals surface area contributed by atoms with Gasteiger partial charge in [-0.25, -0.2) is 14.6 Å². The Balaban J connectivity index is 0.000000786. The second kappa shape index (κ2) is 11.7. The van der Waals surface area contributed by atoms with E-state index in [1.807, 2.05) is 52.8 Å². The van der Waals surface area contributed by atoms with Crippen molar-refractivity contribution in [2.24, 2.45) is 7.05 Å². The number of nitrogen functional groups attached to an aromatic ring is 1. The number of fused-ring (bicyclic) bond motifs is 1. The smallest absolute Gasteiger partial charge is 0.300 e. The van der Waals surface area contributed by atoms with Crippen molar-refractivity contribution in [3.63, 3.8) is 0 Å². The minimum absolute atomic E-state index is 0.134. The first-order chi connectivity index (χ1) is 18.3. The highest BCUT2D eigenvalue weighted by Crippen LogP contribution is 2.41. The molecular weight excluding hydrogens is 488 g/mol. The lowest BCUT2D eigenvalue weighted by atomic mass is 10.1. The Morgan fingerprint density at radius 1 is 1.21 bits per heavy atom. The average Bonchev–Trinajstić information content (AvgIpc) is 3.48. The van der Waals surface area contributed by atoms with Crippen molar-refractivity contribution >= 4 is 34.4 Å². The molecule has 1 aliphatic rings. The number of benzene rings is 1. The summed E-state index contributed by atoms with van der Waals surface area (Å²) in [5.74, 6) is -0.0894. The highest BCUT2D eigenvalue weighted by molar-refractivity contribution is 6.02. The molecule has 1 fully saturated rings. The number of carboxylic acids is 1. The molecule has 1 saturated heterocycles. The summed E-state index contributed by atoms with van der Waals surface area (Å²) in [5.41, 5.74) is 9.86. The molecule has 5 rings (SSSR count). The molecule has 1 amide bonds. The van der Waals surface area contributed by atoms with Gasteiger partial charge in [0, 0.05) is 31.4 Å². The van der Waals surface area contributed by atoms with Crippen LogP contribution in [-0.2, 0) is 23.1 Å². The van der Waals surface area contributed by atoms with E-state index < -0.39 is 5.97 Å². The summed E-state index contributed by atoms with van der Waals surface area (Å²) < 4.78 is 9.66. The molecule has 1 aliphatic heterocycles. The van der Waals surface area contributed by atoms with Crippen LogP contribution in [0, 0.1) is 0 Å². The molecule has 5 N–H and O–H groups in total. The normalized spacial score (nSPS) is 13.6. The zero-order valence-corrected chi connectivity index (χ0v) is 21.6. The maximum Gasteiger partial charge on any atom is 0.300 e. The molecule has 4 aromatic rings. The quantitative estimate of drug-likeness (QED) is 0.299. The van der Waals surface area contributed by atoms with E-state index in [2.05, 4.69) is 20.6 Å². The van der Waals surface area contributed by atoms with Gasteiger partial charge in [0.1, 0.15) is 17.8 Å². The highest BCUT2D eigenvalue weighted by Gasteiger charge is 2.26. The van der Waals surface area contributed by atoms with E-state index in [-0.39, 0.29) is 18.4 Å². The van der Waals surface area contributed by atoms with Crippen molar-refractivity contribution in [3.05, 3.63) is 48.5 Å². The second-order valence-electron chi connectivity index (χ2n) is 8.97. The fourth-order valence-electron chi connectivity index (χ4n) is 4.57. The number of anilines is 2. The number of aliphatic carboxylic acids is 1. The van der Waals surface area contributed by atoms with Crippen LogP contribution in [0.4, 0.5) is 11.5 Å². The number of para-hydroxylation sites is 1. The van der Waals surface area contributed by atoms with Gasteiger partial charge in [-0.05, 0) is 50.2 Å². The molecule has 1 aromatic carbocycles. The average molecular weight is 521 g/mol. The van der Waals surface area contributed by atoms with Crippen molar-refractivity contribution in [2.45, 2.75) is 32.2 Å². The van der Waals surface area contributed by atoms with Crippen LogP contribution in [0.15, 0.2) is 42.9 Å². The number of aromatic nitrogens is 5. The molecule has 38 heavy (non-hydrogen) atoms. The summed E-state index contributed by atoms with van der Waals surface area (Å²) in [4.78, 5) is 30.5. The predicted octanol–water partition coefficient (Wildman–Crippen LogP) is 2.62. The number of methoxy groups -OCH3 is 1. The number of ether oxygens (including phenoxy) is 1. The number of carboxylic acid groups (broad SMARTS) is 1. The molecule has 0 unspecified atom stereocenters. The zero-order chi connectivity index (χ0) is 27.2. The molecule has 4 heterocycles. The number of carbonyl (C=O) groups excluding carboxylic acids is 1. The number of amides is 1. The van der Waals surface area contributed by atoms with E-state index >= 15 is 0 Å². The van der Waals surface area contributed by atoms with Crippen LogP contribution in [0.1, 0.15) is 31.5 Å². The van der Waals surface area contributed by atoms with E-state index in [0.29, 0.717) is 34.0 Å². The van der Waals surface area contributed by atoms with E-state index in [9.17, 15) is 4.79 Å². The molecule has 0 saturated carbocycles. The van der Waals surface area contributed by atoms with Gasteiger partial charge in [0.25, 0.3) is 5.97 Å². The van der Waals surface area contributed by atoms with Crippen molar-refractivity contribution in [1.29, 1.82) is 0 Å². The molecule has 12 heteroatoms. The maximum atomic E-state index is 12.8. The van der Waals surface area contributed by atoms with Crippen LogP contribution >= 0.6 is 0 Å². The van der Waals surface area contributed by atoms with E-state index in [4.69, 9.17) is 25.5 Å². The van der Waals surface area contributed by atoms with Crippen molar-refractivity contribution in [1.82, 2.24) is 29.6 Å². The second-order valence-corrected chi connectivity index (χ2v) is 8.97. The Labute approximate surface area is 219 Å². The predicted molar refractivity (Wildman–Crippen MR) is 144 cm³/mol. The summed E-state index contributed by atoms with van der Waals surface area (Å²) in [6.45, 7) is 2.93. The third kappa shape index (κ3) is 5.75. The lowest BCUT2D eigenvalue weighted by Gasteiger charge is -2.23. The van der Waals surface area contributed by atoms with Gasteiger partial charge in [-0.1, -0.05) is 6.07 Å². The first kappa shape index (κ1) is 26.6. The van der Waals surface area contributed by atoms with Gasteiger partial charge in [-0.15, -0.1) is 0 Å². The Bertz CT molecular complexity index is 1430. The van der Waals surface area contributed by atoms with Gasteiger partial charge >= 0.3 is 0 Å². The zero-order valence-electron chi connectivity index (χ0n) is 21.6. The first-order valence-corrected chi connectivity index (χ1v) is 12.3. The number of rotatable bonds is 6. The number of nitrogens with zero attached hydrogens (tertiary/aromatic N) is 5. The Hall–Kier alpha value is -4.45. The molecule has 3 aromatic heterocycles. The monoisotopic (exact) mass is 520 g/mol. The van der Waals surface area contributed by atoms with Gasteiger partial charge in [-0.3, -0.25) is 9.59 Å². The molecule has 0 bridgehead atoms. The fraction of sp³-hybridized carbons (Fsp3) is 0.346. The fourth-order valence-corrected chi connectivity index (χ4v) is 4.57. The van der Waals surface area contributed by atoms with Gasteiger partial charge in [0.2, 0.25) is 5.91 Å². The van der Waals surface area contributed by atoms with Gasteiger partial charge < -0.3 is 30.8 Å². The summed E-state index contributed by atoms with van der Waals surface area (Å²) in [6.07, 6.45) is 5.54. The van der Waals surface area contributed by atoms with Crippen LogP contribution in [0.5, 0.6) is 5.75 Å². The summed E-state index contributed by atoms with van der Waals surface area (Å²) >= 11 is 0. The number of piperidine rings is 1. The van der Waals surface area contributed by atoms with Gasteiger partial charge in [-0.2, -0.15) is 5.10 Å². The minimum atomic E-state index is -0.833. The Kier molecular flexibility index (Phi) is 8.22. The largest absolute Gasteiger partial charge is 0.494 e. The number of hydrogen-bond acceptors (Lipinski definition) is 8. The van der Waals surface area contributed by atoms with Crippen LogP contribution in [0.2, 0.25) is 0 Å². The molecular formula is C26H32N8O4. The summed E-state index contributed by atoms with van der Waals surface area (Å²) in [5, 5.41) is 19.4. The van der Waals surface area contributed by atoms with E-state index in [1.165, 1.54) is 6.33 Å². The lowest BCUT2D eigenvalue weighted by molar-refractivity contribution is -0.134. The van der Waals surface area contributed by atoms with Crippen molar-refractivity contribution in [2.75, 3.05) is 31.2 Å². The molecule has 0 aliphatic carbocycles. The third-order valence-corrected chi connectivity index (χ3v) is 6.31. The number of nitrogens with one attached hydrogen (secondary N) is 2. The summed E-state index contributed by atoms with van der Waals surface area (Å²) in [6, 6.07) is 9.65. The number of nitrogens with two attached hydrogens (primary N) is 1. The maximum absolute atomic E-state index is 12.8. The first-order valence-electron chi connectivity index (χ1n) is 12.3. The third-order valence-electron chi connectivity index (χ3n) is 6.31. The van der Waals surface area contributed by atoms with Crippen LogP contribution in [0.25, 0.3) is 22.3 Å². The van der Waals surface area contributed by atoms with Crippen molar-refractivity contribution in [3.8, 4) is 17.0 Å². The number of carbonyl (C=O) groups is 2. The Morgan fingerprint density at radius 3 is 2.61 bits per heavy atom. The minimum Gasteiger partial charge on any atom is -0.494 e. The highest BCUT2D eigenvalue weighted by atomic mass is 16.5. The lowest BCUT2D eigenvalue weighted by Crippen LogP contribution is -2.30. The van der Waals surface area contributed by atoms with Crippen LogP contribution in [-0.4, -0.2) is 61.5 Å². The summed E-state index contributed by atoms with van der Waals surface area (Å²) in [7, 11) is 3.50. The van der Waals surface area contributed by atoms with Crippen LogP contribution in [0.3, 0.4) is 0 Å². The molecule has 0 spiro atoms. The number of hydrogen-bond donors (Lipinski definition) is 4. The molecule has 12 nitrogen and oxygen atoms in total. The molecule has 0 radical (unpaired) electrons.